The van der Waals surface area contributed by atoms with Crippen molar-refractivity contribution in [3.05, 3.63) is 54.5 Å². The van der Waals surface area contributed by atoms with E-state index in [1.165, 1.54) is 0 Å². The Kier molecular flexibility index (Phi) is 4.21. The molecule has 124 valence electrons. The molecule has 0 aliphatic rings. The molecule has 5 N–H and O–H groups in total. The lowest BCUT2D eigenvalue weighted by Gasteiger charge is -1.99. The summed E-state index contributed by atoms with van der Waals surface area (Å²) in [6, 6.07) is 11.2. The van der Waals surface area contributed by atoms with E-state index in [4.69, 9.17) is 21.3 Å². The summed E-state index contributed by atoms with van der Waals surface area (Å²) in [5.41, 5.74) is 15.0. The highest BCUT2D eigenvalue weighted by Gasteiger charge is 2.07. The van der Waals surface area contributed by atoms with Gasteiger partial charge >= 0.3 is 0 Å². The summed E-state index contributed by atoms with van der Waals surface area (Å²) in [5, 5.41) is 17.1. The van der Waals surface area contributed by atoms with Crippen LogP contribution in [0.25, 0.3) is 11.0 Å². The fraction of sp³-hybridized carbons (Fsp3) is 0.125. The molecule has 0 radical (unpaired) electrons. The van der Waals surface area contributed by atoms with Crippen molar-refractivity contribution in [2.45, 2.75) is 6.61 Å². The van der Waals surface area contributed by atoms with Gasteiger partial charge in [-0.25, -0.2) is 9.03 Å². The quantitative estimate of drug-likeness (QED) is 0.512. The normalized spacial score (nSPS) is 10.6. The topological polar surface area (TPSA) is 116 Å². The van der Waals surface area contributed by atoms with E-state index in [1.54, 1.807) is 28.4 Å². The number of aromatic nitrogens is 4. The highest BCUT2D eigenvalue weighted by Crippen LogP contribution is 2.23. The number of ether oxygens (including phenoxy) is 1. The number of hydrogen-bond acceptors (Lipinski definition) is 6. The van der Waals surface area contributed by atoms with Gasteiger partial charge in [0.15, 0.2) is 0 Å². The monoisotopic (exact) mass is 326 g/mol. The molecule has 4 rings (SSSR count). The molecule has 0 spiro atoms. The van der Waals surface area contributed by atoms with E-state index < -0.39 is 0 Å². The first-order valence-electron chi connectivity index (χ1n) is 7.24. The van der Waals surface area contributed by atoms with E-state index in [0.29, 0.717) is 17.3 Å². The molecule has 4 heterocycles. The molecule has 8 heteroatoms. The highest BCUT2D eigenvalue weighted by atomic mass is 16.5. The number of anilines is 2. The Morgan fingerprint density at radius 1 is 1.12 bits per heavy atom. The van der Waals surface area contributed by atoms with Crippen LogP contribution in [0.5, 0.6) is 5.88 Å². The lowest BCUT2D eigenvalue weighted by molar-refractivity contribution is 0.273. The van der Waals surface area contributed by atoms with Crippen LogP contribution in [0.1, 0.15) is 5.69 Å². The van der Waals surface area contributed by atoms with Crippen LogP contribution in [0.4, 0.5) is 11.4 Å². The zero-order chi connectivity index (χ0) is 17.1. The predicted octanol–water partition coefficient (Wildman–Crippen LogP) is 1.33. The number of aliphatic hydroxyl groups is 1. The smallest absolute Gasteiger partial charge is 0.257 e. The van der Waals surface area contributed by atoms with Gasteiger partial charge < -0.3 is 21.3 Å². The summed E-state index contributed by atoms with van der Waals surface area (Å²) in [5.74, 6) is 0.473. The molecule has 0 bridgehead atoms. The van der Waals surface area contributed by atoms with Crippen molar-refractivity contribution in [3.63, 3.8) is 0 Å². The summed E-state index contributed by atoms with van der Waals surface area (Å²) in [7, 11) is 1.55. The van der Waals surface area contributed by atoms with E-state index in [0.717, 1.165) is 16.7 Å². The summed E-state index contributed by atoms with van der Waals surface area (Å²) < 4.78 is 8.30. The van der Waals surface area contributed by atoms with Crippen LogP contribution < -0.4 is 16.2 Å². The van der Waals surface area contributed by atoms with Crippen molar-refractivity contribution in [2.24, 2.45) is 0 Å². The van der Waals surface area contributed by atoms with Crippen LogP contribution in [0.15, 0.2) is 48.8 Å². The minimum absolute atomic E-state index is 0.0293. The fourth-order valence-corrected chi connectivity index (χ4v) is 2.35. The van der Waals surface area contributed by atoms with Crippen molar-refractivity contribution < 1.29 is 9.84 Å². The van der Waals surface area contributed by atoms with Gasteiger partial charge in [-0.2, -0.15) is 5.10 Å². The van der Waals surface area contributed by atoms with E-state index in [9.17, 15) is 0 Å². The first-order chi connectivity index (χ1) is 11.7. The van der Waals surface area contributed by atoms with Gasteiger partial charge in [-0.3, -0.25) is 0 Å². The van der Waals surface area contributed by atoms with Crippen molar-refractivity contribution in [2.75, 3.05) is 18.6 Å². The molecule has 0 amide bonds. The number of aliphatic hydroxyl groups excluding tert-OH is 1. The van der Waals surface area contributed by atoms with Gasteiger partial charge in [-0.05, 0) is 24.3 Å². The van der Waals surface area contributed by atoms with Gasteiger partial charge in [0.1, 0.15) is 5.69 Å². The van der Waals surface area contributed by atoms with Crippen LogP contribution in [0, 0.1) is 0 Å². The zero-order valence-electron chi connectivity index (χ0n) is 13.1. The molecule has 24 heavy (non-hydrogen) atoms. The molecule has 0 aromatic carbocycles. The molecule has 0 unspecified atom stereocenters. The van der Waals surface area contributed by atoms with Crippen LogP contribution in [0.2, 0.25) is 0 Å². The van der Waals surface area contributed by atoms with Gasteiger partial charge in [0.05, 0.1) is 42.3 Å². The van der Waals surface area contributed by atoms with Crippen LogP contribution >= 0.6 is 0 Å². The second kappa shape index (κ2) is 6.47. The first kappa shape index (κ1) is 15.6. The van der Waals surface area contributed by atoms with Crippen molar-refractivity contribution >= 4 is 22.4 Å². The van der Waals surface area contributed by atoms with Gasteiger partial charge in [-0.15, -0.1) is 5.10 Å². The van der Waals surface area contributed by atoms with Gasteiger partial charge in [0, 0.05) is 6.20 Å². The van der Waals surface area contributed by atoms with Crippen LogP contribution in [-0.2, 0) is 6.61 Å². The Morgan fingerprint density at radius 2 is 1.92 bits per heavy atom. The number of pyridine rings is 2. The average molecular weight is 326 g/mol. The van der Waals surface area contributed by atoms with Gasteiger partial charge in [0.25, 0.3) is 5.88 Å². The number of nitrogens with two attached hydrogens (primary N) is 2. The third kappa shape index (κ3) is 2.70. The maximum absolute atomic E-state index is 8.94. The third-order valence-corrected chi connectivity index (χ3v) is 3.55. The molecule has 0 fully saturated rings. The van der Waals surface area contributed by atoms with Gasteiger partial charge in [0.2, 0.25) is 0 Å². The Hall–Kier alpha value is -3.26. The molecular weight excluding hydrogens is 308 g/mol. The summed E-state index contributed by atoms with van der Waals surface area (Å²) >= 11 is 0. The Bertz CT molecular complexity index is 974. The summed E-state index contributed by atoms with van der Waals surface area (Å²) in [4.78, 5) is 0. The molecule has 0 saturated carbocycles. The minimum Gasteiger partial charge on any atom is -0.478 e. The van der Waals surface area contributed by atoms with Crippen molar-refractivity contribution in [1.29, 1.82) is 0 Å². The maximum Gasteiger partial charge on any atom is 0.257 e. The van der Waals surface area contributed by atoms with Crippen LogP contribution in [-0.4, -0.2) is 31.4 Å². The number of nitrogens with zero attached hydrogens (tertiary/aromatic N) is 4. The van der Waals surface area contributed by atoms with E-state index >= 15 is 0 Å². The van der Waals surface area contributed by atoms with Crippen molar-refractivity contribution in [1.82, 2.24) is 19.2 Å². The molecule has 4 aromatic rings. The minimum atomic E-state index is -0.0293. The third-order valence-electron chi connectivity index (χ3n) is 3.55. The number of fused-ring (bicyclic) bond motifs is 2. The molecule has 0 aliphatic heterocycles. The second-order valence-electron chi connectivity index (χ2n) is 5.03. The Labute approximate surface area is 137 Å². The molecular formula is C16H18N6O2. The first-order valence-corrected chi connectivity index (χ1v) is 7.24. The number of methoxy groups -OCH3 is 1. The van der Waals surface area contributed by atoms with E-state index in [2.05, 4.69) is 10.2 Å². The average Bonchev–Trinajstić information content (AvgIpc) is 3.16. The molecule has 0 aliphatic carbocycles. The van der Waals surface area contributed by atoms with E-state index in [-0.39, 0.29) is 6.61 Å². The van der Waals surface area contributed by atoms with Gasteiger partial charge in [-0.1, -0.05) is 12.1 Å². The summed E-state index contributed by atoms with van der Waals surface area (Å²) in [6.07, 6.45) is 3.41. The molecule has 0 atom stereocenters. The lowest BCUT2D eigenvalue weighted by atomic mass is 10.3. The standard InChI is InChI=1S/2C8H9N3O/c1-12-8-7(9)6-4-2-3-5-11(6)10-8;9-7-4-10-11-6(5-12)2-1-3-8(7)11/h2-5H,9H2,1H3;1-4,12H,5,9H2. The second-order valence-corrected chi connectivity index (χ2v) is 5.03. The lowest BCUT2D eigenvalue weighted by Crippen LogP contribution is -1.97. The van der Waals surface area contributed by atoms with Crippen LogP contribution in [0.3, 0.4) is 0 Å². The number of rotatable bonds is 2. The Balaban J connectivity index is 0.000000141. The summed E-state index contributed by atoms with van der Waals surface area (Å²) in [6.45, 7) is -0.0293. The molecule has 0 saturated heterocycles. The molecule has 4 aromatic heterocycles. The fourth-order valence-electron chi connectivity index (χ4n) is 2.35. The highest BCUT2D eigenvalue weighted by molar-refractivity contribution is 5.74. The largest absolute Gasteiger partial charge is 0.478 e. The Morgan fingerprint density at radius 3 is 2.62 bits per heavy atom. The molecule has 8 nitrogen and oxygen atoms in total. The van der Waals surface area contributed by atoms with Crippen molar-refractivity contribution in [3.8, 4) is 5.88 Å². The zero-order valence-corrected chi connectivity index (χ0v) is 13.1. The van der Waals surface area contributed by atoms with E-state index in [1.807, 2.05) is 36.5 Å². The predicted molar refractivity (Wildman–Crippen MR) is 91.7 cm³/mol. The number of nitrogen functional groups attached to an aromatic ring is 2. The maximum atomic E-state index is 8.94. The SMILES string of the molecule is COc1nn2ccccc2c1N.Nc1cnn2c(CO)cccc12. The number of hydrogen-bond donors (Lipinski definition) is 3.